The average Bonchev–Trinajstić information content (AvgIpc) is 2.27. The van der Waals surface area contributed by atoms with Gasteiger partial charge < -0.3 is 9.84 Å². The number of ether oxygens (including phenoxy) is 1. The monoisotopic (exact) mass is 180 g/mol. The number of hydrogen-bond donors (Lipinski definition) is 1. The van der Waals surface area contributed by atoms with E-state index >= 15 is 0 Å². The summed E-state index contributed by atoms with van der Waals surface area (Å²) in [5, 5.41) is 8.30. The lowest BCUT2D eigenvalue weighted by molar-refractivity contribution is -0.139. The highest BCUT2D eigenvalue weighted by Crippen LogP contribution is 1.99. The second-order valence-corrected chi connectivity index (χ2v) is 2.32. The second kappa shape index (κ2) is 4.25. The maximum absolute atomic E-state index is 11.1. The molecule has 1 aromatic rings. The third-order valence-corrected chi connectivity index (χ3v) is 1.31. The molecule has 0 bridgehead atoms. The van der Waals surface area contributed by atoms with Gasteiger partial charge in [0.15, 0.2) is 12.4 Å². The fraction of sp³-hybridized carbons (Fsp3) is 0.111. The van der Waals surface area contributed by atoms with Crippen LogP contribution in [-0.2, 0) is 4.79 Å². The number of carboxylic acid groups (broad SMARTS) is 1. The quantitative estimate of drug-likeness (QED) is 0.736. The van der Waals surface area contributed by atoms with Gasteiger partial charge in [0.2, 0.25) is 5.43 Å². The van der Waals surface area contributed by atoms with Crippen molar-refractivity contribution in [1.82, 2.24) is 0 Å². The summed E-state index contributed by atoms with van der Waals surface area (Å²) in [6, 6.07) is 7.59. The molecule has 0 spiro atoms. The maximum Gasteiger partial charge on any atom is 0.341 e. The summed E-state index contributed by atoms with van der Waals surface area (Å²) >= 11 is 0. The predicted octanol–water partition coefficient (Wildman–Crippen LogP) is 0.510. The first-order valence-electron chi connectivity index (χ1n) is 3.64. The zero-order valence-electron chi connectivity index (χ0n) is 6.77. The molecule has 0 saturated heterocycles. The second-order valence-electron chi connectivity index (χ2n) is 2.32. The van der Waals surface area contributed by atoms with E-state index < -0.39 is 12.6 Å². The van der Waals surface area contributed by atoms with Crippen LogP contribution >= 0.6 is 0 Å². The Morgan fingerprint density at radius 1 is 1.31 bits per heavy atom. The van der Waals surface area contributed by atoms with E-state index in [2.05, 4.69) is 0 Å². The molecule has 0 amide bonds. The Hall–Kier alpha value is -1.84. The lowest BCUT2D eigenvalue weighted by Crippen LogP contribution is -2.13. The lowest BCUT2D eigenvalue weighted by atomic mass is 10.4. The summed E-state index contributed by atoms with van der Waals surface area (Å²) in [6.07, 6.45) is 0. The van der Waals surface area contributed by atoms with Crippen LogP contribution in [0.5, 0.6) is 5.75 Å². The van der Waals surface area contributed by atoms with Crippen molar-refractivity contribution in [3.63, 3.8) is 0 Å². The van der Waals surface area contributed by atoms with E-state index in [9.17, 15) is 9.59 Å². The van der Waals surface area contributed by atoms with E-state index in [4.69, 9.17) is 9.84 Å². The molecule has 0 heterocycles. The van der Waals surface area contributed by atoms with Crippen LogP contribution in [0, 0.1) is 0 Å². The molecule has 0 saturated carbocycles. The lowest BCUT2D eigenvalue weighted by Gasteiger charge is -1.97. The SMILES string of the molecule is O=C(O)COc1cccccc1=O. The third kappa shape index (κ3) is 2.94. The minimum atomic E-state index is -1.11. The highest BCUT2D eigenvalue weighted by molar-refractivity contribution is 5.68. The standard InChI is InChI=1S/C9H8O4/c10-7-4-2-1-3-5-8(7)13-6-9(11)12/h1-5H,6H2,(H,11,12). The van der Waals surface area contributed by atoms with Crippen LogP contribution in [0.2, 0.25) is 0 Å². The van der Waals surface area contributed by atoms with Crippen LogP contribution in [-0.4, -0.2) is 17.7 Å². The van der Waals surface area contributed by atoms with Gasteiger partial charge in [-0.15, -0.1) is 0 Å². The minimum Gasteiger partial charge on any atom is -0.479 e. The summed E-state index contributed by atoms with van der Waals surface area (Å²) in [6.45, 7) is -0.501. The van der Waals surface area contributed by atoms with E-state index in [0.29, 0.717) is 0 Å². The van der Waals surface area contributed by atoms with Gasteiger partial charge in [-0.25, -0.2) is 4.79 Å². The van der Waals surface area contributed by atoms with Gasteiger partial charge in [-0.05, 0) is 12.1 Å². The Bertz CT molecular complexity index is 359. The van der Waals surface area contributed by atoms with Gasteiger partial charge in [0.05, 0.1) is 0 Å². The largest absolute Gasteiger partial charge is 0.479 e. The molecule has 0 atom stereocenters. The zero-order valence-corrected chi connectivity index (χ0v) is 6.77. The highest BCUT2D eigenvalue weighted by Gasteiger charge is 2.00. The number of carbonyl (C=O) groups is 1. The molecule has 4 heteroatoms. The molecule has 0 aliphatic rings. The molecule has 1 aromatic carbocycles. The third-order valence-electron chi connectivity index (χ3n) is 1.31. The minimum absolute atomic E-state index is 0.0485. The Labute approximate surface area is 74.4 Å². The Balaban J connectivity index is 2.84. The average molecular weight is 180 g/mol. The molecule has 1 N–H and O–H groups in total. The predicted molar refractivity (Wildman–Crippen MR) is 45.8 cm³/mol. The summed E-state index contributed by atoms with van der Waals surface area (Å²) in [4.78, 5) is 21.2. The molecule has 0 fully saturated rings. The van der Waals surface area contributed by atoms with E-state index in [1.807, 2.05) is 0 Å². The van der Waals surface area contributed by atoms with Crippen molar-refractivity contribution in [2.45, 2.75) is 0 Å². The molecule has 0 radical (unpaired) electrons. The molecule has 13 heavy (non-hydrogen) atoms. The summed E-state index contributed by atoms with van der Waals surface area (Å²) in [5.41, 5.74) is -0.328. The first-order valence-corrected chi connectivity index (χ1v) is 3.64. The summed E-state index contributed by atoms with van der Waals surface area (Å²) in [7, 11) is 0. The molecule has 0 unspecified atom stereocenters. The fourth-order valence-electron chi connectivity index (χ4n) is 0.773. The van der Waals surface area contributed by atoms with Crippen LogP contribution in [0.3, 0.4) is 0 Å². The van der Waals surface area contributed by atoms with Crippen LogP contribution in [0.25, 0.3) is 0 Å². The zero-order chi connectivity index (χ0) is 9.68. The van der Waals surface area contributed by atoms with Crippen LogP contribution < -0.4 is 10.2 Å². The van der Waals surface area contributed by atoms with Gasteiger partial charge in [0.25, 0.3) is 0 Å². The maximum atomic E-state index is 11.1. The molecule has 0 aromatic heterocycles. The molecule has 0 aliphatic heterocycles. The first kappa shape index (κ1) is 9.25. The van der Waals surface area contributed by atoms with Crippen LogP contribution in [0.1, 0.15) is 0 Å². The van der Waals surface area contributed by atoms with Crippen molar-refractivity contribution in [2.24, 2.45) is 0 Å². The fourth-order valence-corrected chi connectivity index (χ4v) is 0.773. The van der Waals surface area contributed by atoms with Gasteiger partial charge in [-0.1, -0.05) is 18.2 Å². The van der Waals surface area contributed by atoms with Gasteiger partial charge in [0, 0.05) is 0 Å². The summed E-state index contributed by atoms with van der Waals surface area (Å²) < 4.78 is 4.75. The summed E-state index contributed by atoms with van der Waals surface area (Å²) in [5.74, 6) is -1.06. The van der Waals surface area contributed by atoms with Gasteiger partial charge in [0.1, 0.15) is 0 Å². The number of rotatable bonds is 3. The van der Waals surface area contributed by atoms with Crippen LogP contribution in [0.4, 0.5) is 0 Å². The smallest absolute Gasteiger partial charge is 0.341 e. The van der Waals surface area contributed by atoms with Gasteiger partial charge in [-0.3, -0.25) is 4.79 Å². The number of aliphatic carboxylic acids is 1. The van der Waals surface area contributed by atoms with E-state index in [-0.39, 0.29) is 11.2 Å². The number of carboxylic acids is 1. The number of hydrogen-bond acceptors (Lipinski definition) is 3. The molecular formula is C9H8O4. The normalized spacial score (nSPS) is 9.23. The van der Waals surface area contributed by atoms with Gasteiger partial charge >= 0.3 is 5.97 Å². The van der Waals surface area contributed by atoms with Crippen molar-refractivity contribution in [1.29, 1.82) is 0 Å². The molecule has 4 nitrogen and oxygen atoms in total. The van der Waals surface area contributed by atoms with Crippen molar-refractivity contribution < 1.29 is 14.6 Å². The molecular weight excluding hydrogens is 172 g/mol. The van der Waals surface area contributed by atoms with Crippen molar-refractivity contribution in [3.05, 3.63) is 40.6 Å². The van der Waals surface area contributed by atoms with E-state index in [1.165, 1.54) is 12.1 Å². The van der Waals surface area contributed by atoms with Gasteiger partial charge in [-0.2, -0.15) is 0 Å². The first-order chi connectivity index (χ1) is 6.20. The Morgan fingerprint density at radius 2 is 2.00 bits per heavy atom. The Morgan fingerprint density at radius 3 is 2.69 bits per heavy atom. The molecule has 1 rings (SSSR count). The van der Waals surface area contributed by atoms with Crippen molar-refractivity contribution in [2.75, 3.05) is 6.61 Å². The van der Waals surface area contributed by atoms with Crippen LogP contribution in [0.15, 0.2) is 35.1 Å². The van der Waals surface area contributed by atoms with E-state index in [0.717, 1.165) is 0 Å². The van der Waals surface area contributed by atoms with Crippen molar-refractivity contribution >= 4 is 5.97 Å². The Kier molecular flexibility index (Phi) is 3.03. The molecule has 0 aliphatic carbocycles. The van der Waals surface area contributed by atoms with Crippen molar-refractivity contribution in [3.8, 4) is 5.75 Å². The topological polar surface area (TPSA) is 63.6 Å². The molecule has 68 valence electrons. The highest BCUT2D eigenvalue weighted by atomic mass is 16.5. The van der Waals surface area contributed by atoms with E-state index in [1.54, 1.807) is 18.2 Å².